The van der Waals surface area contributed by atoms with E-state index in [0.29, 0.717) is 21.4 Å². The summed E-state index contributed by atoms with van der Waals surface area (Å²) in [5, 5.41) is 20.8. The Bertz CT molecular complexity index is 891. The zero-order valence-electron chi connectivity index (χ0n) is 18.3. The van der Waals surface area contributed by atoms with Gasteiger partial charge in [0.15, 0.2) is 0 Å². The minimum atomic E-state index is -1.36. The molecule has 2 N–H and O–H groups in total. The van der Waals surface area contributed by atoms with E-state index < -0.39 is 28.3 Å². The second-order valence-corrected chi connectivity index (χ2v) is 10.4. The number of carboxylic acid groups (broad SMARTS) is 2. The Hall–Kier alpha value is -2.08. The summed E-state index contributed by atoms with van der Waals surface area (Å²) in [5.74, 6) is -2.23. The Balaban J connectivity index is 3.24. The highest BCUT2D eigenvalue weighted by atomic mass is 79.9. The zero-order chi connectivity index (χ0) is 22.5. The number of carboxylic acids is 2. The molecule has 0 radical (unpaired) electrons. The van der Waals surface area contributed by atoms with Crippen molar-refractivity contribution in [3.05, 3.63) is 56.8 Å². The molecule has 6 heteroatoms. The highest BCUT2D eigenvalue weighted by Gasteiger charge is 2.59. The fourth-order valence-corrected chi connectivity index (χ4v) is 5.55. The molecule has 0 aromatic heterocycles. The van der Waals surface area contributed by atoms with Crippen molar-refractivity contribution in [1.29, 1.82) is 0 Å². The van der Waals surface area contributed by atoms with Crippen molar-refractivity contribution < 1.29 is 19.8 Å². The Kier molecular flexibility index (Phi) is 5.85. The number of hydrogen-bond donors (Lipinski definition) is 2. The van der Waals surface area contributed by atoms with Crippen molar-refractivity contribution in [2.45, 2.75) is 66.3 Å². The fourth-order valence-electron chi connectivity index (χ4n) is 4.97. The lowest BCUT2D eigenvalue weighted by Gasteiger charge is -2.54. The van der Waals surface area contributed by atoms with Crippen LogP contribution in [0.1, 0.15) is 61.0 Å². The van der Waals surface area contributed by atoms with Crippen LogP contribution in [0.4, 0.5) is 0 Å². The lowest BCUT2D eigenvalue weighted by Crippen LogP contribution is -2.55. The summed E-state index contributed by atoms with van der Waals surface area (Å²) in [7, 11) is 0. The molecule has 0 saturated carbocycles. The van der Waals surface area contributed by atoms with E-state index in [1.54, 1.807) is 13.8 Å². The molecule has 0 fully saturated rings. The molecule has 1 aromatic carbocycles. The summed E-state index contributed by atoms with van der Waals surface area (Å²) in [5.41, 5.74) is -0.672. The molecule has 0 saturated heterocycles. The van der Waals surface area contributed by atoms with Crippen molar-refractivity contribution in [2.24, 2.45) is 5.41 Å². The van der Waals surface area contributed by atoms with Crippen LogP contribution < -0.4 is 0 Å². The van der Waals surface area contributed by atoms with E-state index in [2.05, 4.69) is 15.9 Å². The number of hydrogen-bond acceptors (Lipinski definition) is 3. The zero-order valence-corrected chi connectivity index (χ0v) is 19.9. The van der Waals surface area contributed by atoms with Crippen molar-refractivity contribution in [3.8, 4) is 0 Å². The van der Waals surface area contributed by atoms with Crippen molar-refractivity contribution in [1.82, 2.24) is 4.90 Å². The molecule has 0 amide bonds. The first-order chi connectivity index (χ1) is 13.1. The lowest BCUT2D eigenvalue weighted by atomic mass is 9.53. The number of nitrogens with zero attached hydrogens (tertiary/aromatic N) is 1. The van der Waals surface area contributed by atoms with E-state index in [0.717, 1.165) is 0 Å². The van der Waals surface area contributed by atoms with Crippen molar-refractivity contribution in [3.63, 3.8) is 0 Å². The summed E-state index contributed by atoms with van der Waals surface area (Å²) in [6, 6.07) is 7.28. The van der Waals surface area contributed by atoms with Gasteiger partial charge >= 0.3 is 11.9 Å². The van der Waals surface area contributed by atoms with Crippen LogP contribution in [0, 0.1) is 5.41 Å². The van der Waals surface area contributed by atoms with E-state index in [1.165, 1.54) is 0 Å². The first-order valence-corrected chi connectivity index (χ1v) is 10.3. The number of halogens is 1. The molecular weight excluding hydrogens is 434 g/mol. The molecule has 0 aliphatic carbocycles. The monoisotopic (exact) mass is 463 g/mol. The predicted molar refractivity (Wildman–Crippen MR) is 118 cm³/mol. The lowest BCUT2D eigenvalue weighted by molar-refractivity contribution is -0.135. The van der Waals surface area contributed by atoms with Crippen LogP contribution in [-0.2, 0) is 15.0 Å². The smallest absolute Gasteiger partial charge is 0.334 e. The topological polar surface area (TPSA) is 77.8 Å². The highest BCUT2D eigenvalue weighted by molar-refractivity contribution is 9.10. The van der Waals surface area contributed by atoms with Crippen molar-refractivity contribution in [2.75, 3.05) is 0 Å². The summed E-state index contributed by atoms with van der Waals surface area (Å²) in [4.78, 5) is 27.3. The molecule has 0 bridgehead atoms. The van der Waals surface area contributed by atoms with E-state index >= 15 is 0 Å². The van der Waals surface area contributed by atoms with Gasteiger partial charge in [-0.1, -0.05) is 54.9 Å². The van der Waals surface area contributed by atoms with E-state index in [9.17, 15) is 19.8 Å². The number of benzene rings is 1. The third-order valence-corrected chi connectivity index (χ3v) is 6.34. The van der Waals surface area contributed by atoms with Gasteiger partial charge in [-0.2, -0.15) is 0 Å². The van der Waals surface area contributed by atoms with E-state index in [1.807, 2.05) is 70.7 Å². The second kappa shape index (κ2) is 7.31. The quantitative estimate of drug-likeness (QED) is 0.612. The minimum Gasteiger partial charge on any atom is -0.478 e. The standard InChI is InChI=1S/C23H30BrNO4/c1-13-17(19(26)27)23(21(3,4)5,15-11-9-10-12-16(15)24)18(20(28)29)14(2)25(13)22(6,7)8/h9-12H,1-8H3,(H,26,27)(H,28,29). The Morgan fingerprint density at radius 3 is 1.62 bits per heavy atom. The van der Waals surface area contributed by atoms with Gasteiger partial charge in [0.05, 0.1) is 16.6 Å². The molecule has 0 spiro atoms. The number of allylic oxidation sites excluding steroid dienone is 2. The first-order valence-electron chi connectivity index (χ1n) is 9.54. The van der Waals surface area contributed by atoms with Crippen molar-refractivity contribution >= 4 is 27.9 Å². The van der Waals surface area contributed by atoms with Gasteiger partial charge in [-0.25, -0.2) is 9.59 Å². The van der Waals surface area contributed by atoms with Crippen LogP contribution in [0.2, 0.25) is 0 Å². The van der Waals surface area contributed by atoms with Crippen LogP contribution in [0.3, 0.4) is 0 Å². The molecule has 0 atom stereocenters. The Labute approximate surface area is 181 Å². The summed E-state index contributed by atoms with van der Waals surface area (Å²) in [6.07, 6.45) is 0. The number of rotatable bonds is 3. The maximum Gasteiger partial charge on any atom is 0.334 e. The van der Waals surface area contributed by atoms with E-state index in [4.69, 9.17) is 0 Å². The Morgan fingerprint density at radius 1 is 0.897 bits per heavy atom. The van der Waals surface area contributed by atoms with Crippen LogP contribution >= 0.6 is 15.9 Å². The number of aliphatic carboxylic acids is 2. The summed E-state index contributed by atoms with van der Waals surface area (Å²) >= 11 is 3.56. The largest absolute Gasteiger partial charge is 0.478 e. The fraction of sp³-hybridized carbons (Fsp3) is 0.478. The second-order valence-electron chi connectivity index (χ2n) is 9.52. The molecule has 29 heavy (non-hydrogen) atoms. The average Bonchev–Trinajstić information content (AvgIpc) is 2.51. The van der Waals surface area contributed by atoms with Gasteiger partial charge in [0.2, 0.25) is 0 Å². The molecule has 1 aromatic rings. The molecular formula is C23H30BrNO4. The normalized spacial score (nSPS) is 17.6. The van der Waals surface area contributed by atoms with Crippen LogP contribution in [0.15, 0.2) is 51.3 Å². The van der Waals surface area contributed by atoms with Gasteiger partial charge in [-0.05, 0) is 51.7 Å². The van der Waals surface area contributed by atoms with Gasteiger partial charge < -0.3 is 15.1 Å². The average molecular weight is 464 g/mol. The predicted octanol–water partition coefficient (Wildman–Crippen LogP) is 5.56. The first kappa shape index (κ1) is 23.2. The highest BCUT2D eigenvalue weighted by Crippen LogP contribution is 2.58. The summed E-state index contributed by atoms with van der Waals surface area (Å²) < 4.78 is 0.678. The van der Waals surface area contributed by atoms with Gasteiger partial charge in [-0.3, -0.25) is 0 Å². The van der Waals surface area contributed by atoms with Crippen LogP contribution in [0.5, 0.6) is 0 Å². The third-order valence-electron chi connectivity index (χ3n) is 5.65. The van der Waals surface area contributed by atoms with Gasteiger partial charge in [0.25, 0.3) is 0 Å². The minimum absolute atomic E-state index is 0.0924. The molecule has 1 heterocycles. The molecule has 1 aliphatic heterocycles. The van der Waals surface area contributed by atoms with Crippen LogP contribution in [-0.4, -0.2) is 32.6 Å². The SMILES string of the molecule is CC1=C(C(=O)O)C(c2ccccc2Br)(C(C)(C)C)C(C(=O)O)=C(C)N1C(C)(C)C. The summed E-state index contributed by atoms with van der Waals surface area (Å²) in [6.45, 7) is 15.1. The maximum atomic E-state index is 12.7. The van der Waals surface area contributed by atoms with E-state index in [-0.39, 0.29) is 11.1 Å². The molecule has 2 rings (SSSR count). The Morgan fingerprint density at radius 2 is 1.31 bits per heavy atom. The van der Waals surface area contributed by atoms with Gasteiger partial charge in [0.1, 0.15) is 0 Å². The van der Waals surface area contributed by atoms with Gasteiger partial charge in [-0.15, -0.1) is 0 Å². The number of carbonyl (C=O) groups is 2. The van der Waals surface area contributed by atoms with Gasteiger partial charge in [0, 0.05) is 21.4 Å². The molecule has 1 aliphatic rings. The maximum absolute atomic E-state index is 12.7. The molecule has 5 nitrogen and oxygen atoms in total. The van der Waals surface area contributed by atoms with Crippen LogP contribution in [0.25, 0.3) is 0 Å². The molecule has 158 valence electrons. The third kappa shape index (κ3) is 3.41. The molecule has 0 unspecified atom stereocenters.